The van der Waals surface area contributed by atoms with Crippen LogP contribution in [0.15, 0.2) is 34.3 Å². The highest BCUT2D eigenvalue weighted by Gasteiger charge is 2.42. The maximum absolute atomic E-state index is 12.5. The molecule has 32 heavy (non-hydrogen) atoms. The monoisotopic (exact) mass is 440 g/mol. The maximum atomic E-state index is 12.5. The predicted molar refractivity (Wildman–Crippen MR) is 128 cm³/mol. The number of carbonyl (C=O) groups excluding carboxylic acids is 1. The zero-order valence-electron chi connectivity index (χ0n) is 19.5. The van der Waals surface area contributed by atoms with Gasteiger partial charge >= 0.3 is 6.09 Å². The van der Waals surface area contributed by atoms with Crippen LogP contribution in [0, 0.1) is 0 Å². The van der Waals surface area contributed by atoms with E-state index in [2.05, 4.69) is 34.2 Å². The van der Waals surface area contributed by atoms with Crippen LogP contribution in [0.1, 0.15) is 77.2 Å². The van der Waals surface area contributed by atoms with E-state index in [9.17, 15) is 4.79 Å². The van der Waals surface area contributed by atoms with Gasteiger partial charge in [0.25, 0.3) is 0 Å². The van der Waals surface area contributed by atoms with Crippen LogP contribution in [-0.4, -0.2) is 47.3 Å². The summed E-state index contributed by atoms with van der Waals surface area (Å²) in [6.45, 7) is 7.12. The molecule has 3 aliphatic rings. The Morgan fingerprint density at radius 2 is 1.78 bits per heavy atom. The number of anilines is 1. The van der Waals surface area contributed by atoms with Crippen molar-refractivity contribution in [3.05, 3.63) is 29.8 Å². The van der Waals surface area contributed by atoms with Gasteiger partial charge in [-0.15, -0.1) is 0 Å². The van der Waals surface area contributed by atoms with Gasteiger partial charge in [-0.2, -0.15) is 4.99 Å². The first kappa shape index (κ1) is 22.4. The van der Waals surface area contributed by atoms with Crippen LogP contribution in [0.2, 0.25) is 0 Å². The lowest BCUT2D eigenvalue weighted by molar-refractivity contribution is 0.0198. The minimum atomic E-state index is -0.484. The van der Waals surface area contributed by atoms with Gasteiger partial charge in [-0.05, 0) is 77.0 Å². The van der Waals surface area contributed by atoms with Crippen LogP contribution >= 0.6 is 0 Å². The number of rotatable bonds is 2. The fourth-order valence-electron chi connectivity index (χ4n) is 5.13. The summed E-state index contributed by atoms with van der Waals surface area (Å²) in [6, 6.07) is 8.48. The van der Waals surface area contributed by atoms with Gasteiger partial charge in [0, 0.05) is 24.7 Å². The average Bonchev–Trinajstić information content (AvgIpc) is 2.73. The van der Waals surface area contributed by atoms with Gasteiger partial charge in [0.1, 0.15) is 11.3 Å². The van der Waals surface area contributed by atoms with Gasteiger partial charge in [-0.25, -0.2) is 9.79 Å². The summed E-state index contributed by atoms with van der Waals surface area (Å²) in [5, 5.41) is 0. The van der Waals surface area contributed by atoms with Crippen molar-refractivity contribution in [3.63, 3.8) is 0 Å². The van der Waals surface area contributed by atoms with Crippen molar-refractivity contribution < 1.29 is 9.53 Å². The summed E-state index contributed by atoms with van der Waals surface area (Å²) in [5.41, 5.74) is 13.6. The van der Waals surface area contributed by atoms with E-state index in [1.165, 1.54) is 12.0 Å². The molecule has 0 bridgehead atoms. The molecule has 2 heterocycles. The number of benzene rings is 1. The number of likely N-dealkylation sites (tertiary alicyclic amines) is 1. The predicted octanol–water partition coefficient (Wildman–Crippen LogP) is 3.91. The molecular formula is C24H36N6O2. The van der Waals surface area contributed by atoms with E-state index < -0.39 is 11.3 Å². The Kier molecular flexibility index (Phi) is 6.05. The van der Waals surface area contributed by atoms with Crippen LogP contribution < -0.4 is 16.4 Å². The summed E-state index contributed by atoms with van der Waals surface area (Å²) < 4.78 is 5.57. The number of carbonyl (C=O) groups is 1. The van der Waals surface area contributed by atoms with Crippen molar-refractivity contribution in [3.8, 4) is 0 Å². The van der Waals surface area contributed by atoms with Gasteiger partial charge in [0.05, 0.1) is 0 Å². The summed E-state index contributed by atoms with van der Waals surface area (Å²) in [7, 11) is 0. The van der Waals surface area contributed by atoms with Crippen molar-refractivity contribution in [1.29, 1.82) is 0 Å². The molecule has 4 N–H and O–H groups in total. The number of nitrogens with zero attached hydrogens (tertiary/aromatic N) is 4. The van der Waals surface area contributed by atoms with Crippen molar-refractivity contribution >= 4 is 23.7 Å². The zero-order chi connectivity index (χ0) is 22.9. The summed E-state index contributed by atoms with van der Waals surface area (Å²) in [4.78, 5) is 25.4. The Labute approximate surface area is 190 Å². The van der Waals surface area contributed by atoms with Gasteiger partial charge < -0.3 is 21.1 Å². The zero-order valence-corrected chi connectivity index (χ0v) is 19.5. The van der Waals surface area contributed by atoms with Crippen LogP contribution in [0.5, 0.6) is 0 Å². The molecule has 1 amide bonds. The lowest BCUT2D eigenvalue weighted by Crippen LogP contribution is -2.58. The van der Waals surface area contributed by atoms with Crippen LogP contribution in [-0.2, 0) is 4.74 Å². The number of guanidine groups is 2. The van der Waals surface area contributed by atoms with E-state index in [4.69, 9.17) is 21.2 Å². The molecule has 1 unspecified atom stereocenters. The molecule has 1 aromatic carbocycles. The Morgan fingerprint density at radius 3 is 2.44 bits per heavy atom. The molecule has 4 rings (SSSR count). The SMILES string of the molecule is CC(C)(C)OC(=O)N1CCCC(c2ccc(N3C(N)=NC(N)=NC34CCCCC4)cc2)C1. The molecule has 1 aromatic rings. The normalized spacial score (nSPS) is 23.5. The van der Waals surface area contributed by atoms with E-state index in [0.29, 0.717) is 12.5 Å². The van der Waals surface area contributed by atoms with E-state index in [0.717, 1.165) is 50.8 Å². The lowest BCUT2D eigenvalue weighted by Gasteiger charge is -2.45. The third kappa shape index (κ3) is 4.69. The molecule has 8 nitrogen and oxygen atoms in total. The molecule has 8 heteroatoms. The fourth-order valence-corrected chi connectivity index (χ4v) is 5.13. The smallest absolute Gasteiger partial charge is 0.410 e. The standard InChI is InChI=1S/C24H36N6O2/c1-23(2,3)32-22(31)29-15-7-8-18(16-29)17-9-11-19(12-10-17)30-21(26)27-20(25)28-24(30)13-5-4-6-14-24/h9-12,18H,4-8,13-16H2,1-3H3,(H4,25,26,27,28). The summed E-state index contributed by atoms with van der Waals surface area (Å²) in [6.07, 6.45) is 7.02. The van der Waals surface area contributed by atoms with Crippen molar-refractivity contribution in [1.82, 2.24) is 4.90 Å². The van der Waals surface area contributed by atoms with E-state index >= 15 is 0 Å². The number of hydrogen-bond donors (Lipinski definition) is 2. The van der Waals surface area contributed by atoms with E-state index in [1.807, 2.05) is 25.7 Å². The highest BCUT2D eigenvalue weighted by Crippen LogP contribution is 2.40. The average molecular weight is 441 g/mol. The molecule has 1 atom stereocenters. The first-order chi connectivity index (χ1) is 15.2. The largest absolute Gasteiger partial charge is 0.444 e. The number of hydrogen-bond acceptors (Lipinski definition) is 7. The Hall–Kier alpha value is -2.77. The summed E-state index contributed by atoms with van der Waals surface area (Å²) >= 11 is 0. The minimum Gasteiger partial charge on any atom is -0.444 e. The molecule has 1 saturated heterocycles. The summed E-state index contributed by atoms with van der Waals surface area (Å²) in [5.74, 6) is 0.956. The van der Waals surface area contributed by atoms with E-state index in [-0.39, 0.29) is 18.0 Å². The molecule has 2 fully saturated rings. The second kappa shape index (κ2) is 8.64. The molecule has 0 radical (unpaired) electrons. The topological polar surface area (TPSA) is 110 Å². The molecule has 0 aromatic heterocycles. The number of nitrogens with two attached hydrogens (primary N) is 2. The number of aliphatic imine (C=N–C) groups is 2. The second-order valence-corrected chi connectivity index (χ2v) is 10.2. The molecule has 1 saturated carbocycles. The molecular weight excluding hydrogens is 404 g/mol. The Bertz CT molecular complexity index is 896. The van der Waals surface area contributed by atoms with Crippen LogP contribution in [0.25, 0.3) is 0 Å². The first-order valence-corrected chi connectivity index (χ1v) is 11.7. The van der Waals surface area contributed by atoms with Crippen molar-refractivity contribution in [2.75, 3.05) is 18.0 Å². The van der Waals surface area contributed by atoms with E-state index in [1.54, 1.807) is 0 Å². The lowest BCUT2D eigenvalue weighted by atomic mass is 9.86. The number of ether oxygens (including phenoxy) is 1. The van der Waals surface area contributed by atoms with Crippen LogP contribution in [0.4, 0.5) is 10.5 Å². The maximum Gasteiger partial charge on any atom is 0.410 e. The van der Waals surface area contributed by atoms with Crippen LogP contribution in [0.3, 0.4) is 0 Å². The Balaban J connectivity index is 1.51. The Morgan fingerprint density at radius 1 is 1.09 bits per heavy atom. The fraction of sp³-hybridized carbons (Fsp3) is 0.625. The highest BCUT2D eigenvalue weighted by molar-refractivity contribution is 6.05. The number of piperidine rings is 1. The molecule has 1 aliphatic carbocycles. The van der Waals surface area contributed by atoms with Crippen molar-refractivity contribution in [2.24, 2.45) is 21.5 Å². The third-order valence-corrected chi connectivity index (χ3v) is 6.55. The minimum absolute atomic E-state index is 0.231. The molecule has 174 valence electrons. The van der Waals surface area contributed by atoms with Gasteiger partial charge in [-0.1, -0.05) is 18.6 Å². The molecule has 1 spiro atoms. The van der Waals surface area contributed by atoms with Gasteiger partial charge in [0.2, 0.25) is 11.9 Å². The molecule has 2 aliphatic heterocycles. The van der Waals surface area contributed by atoms with Crippen molar-refractivity contribution in [2.45, 2.75) is 82.9 Å². The highest BCUT2D eigenvalue weighted by atomic mass is 16.6. The third-order valence-electron chi connectivity index (χ3n) is 6.55. The number of amides is 1. The van der Waals surface area contributed by atoms with Gasteiger partial charge in [-0.3, -0.25) is 4.90 Å². The first-order valence-electron chi connectivity index (χ1n) is 11.7. The quantitative estimate of drug-likeness (QED) is 0.724. The van der Waals surface area contributed by atoms with Gasteiger partial charge in [0.15, 0.2) is 0 Å². The second-order valence-electron chi connectivity index (χ2n) is 10.2.